The van der Waals surface area contributed by atoms with Gasteiger partial charge in [-0.3, -0.25) is 0 Å². The molecule has 0 heterocycles. The summed E-state index contributed by atoms with van der Waals surface area (Å²) in [5.41, 5.74) is 8.90. The smallest absolute Gasteiger partial charge is 0.142 e. The van der Waals surface area contributed by atoms with Crippen molar-refractivity contribution in [1.82, 2.24) is 0 Å². The molecule has 0 aromatic heterocycles. The molecule has 1 fully saturated rings. The van der Waals surface area contributed by atoms with Crippen molar-refractivity contribution in [3.05, 3.63) is 22.2 Å². The maximum Gasteiger partial charge on any atom is 0.142 e. The van der Waals surface area contributed by atoms with E-state index in [0.29, 0.717) is 12.0 Å². The lowest BCUT2D eigenvalue weighted by molar-refractivity contribution is 0.279. The highest BCUT2D eigenvalue weighted by Crippen LogP contribution is 2.36. The molecule has 1 aliphatic carbocycles. The molecule has 4 heteroatoms. The number of methoxy groups -OCH3 is 1. The molecule has 1 aromatic rings. The largest absolute Gasteiger partial charge is 0.495 e. The predicted octanol–water partition coefficient (Wildman–Crippen LogP) is 3.11. The number of ether oxygens (including phenoxy) is 1. The van der Waals surface area contributed by atoms with E-state index < -0.39 is 0 Å². The number of halogens is 1. The zero-order valence-corrected chi connectivity index (χ0v) is 12.0. The van der Waals surface area contributed by atoms with E-state index >= 15 is 0 Å². The Kier molecular flexibility index (Phi) is 4.03. The summed E-state index contributed by atoms with van der Waals surface area (Å²) in [7, 11) is 1.69. The Hall–Kier alpha value is -0.930. The average molecular weight is 269 g/mol. The van der Waals surface area contributed by atoms with E-state index in [9.17, 15) is 0 Å². The Morgan fingerprint density at radius 2 is 2.11 bits per heavy atom. The topological polar surface area (TPSA) is 47.3 Å². The van der Waals surface area contributed by atoms with Gasteiger partial charge >= 0.3 is 0 Å². The number of nitrogens with one attached hydrogen (secondary N) is 1. The molecular formula is C14H21ClN2O. The molecule has 18 heavy (non-hydrogen) atoms. The molecule has 0 amide bonds. The number of hydrogen-bond donors (Lipinski definition) is 2. The first-order chi connectivity index (χ1) is 8.52. The summed E-state index contributed by atoms with van der Waals surface area (Å²) < 4.78 is 5.42. The standard InChI is InChI=1S/C14H21ClN2O/c1-8-4-12(18-3)14(9(2)13(8)15)17-7-10-5-11(16)6-10/h4,10-11,17H,5-7,16H2,1-3H3. The van der Waals surface area contributed by atoms with Crippen LogP contribution in [0.1, 0.15) is 24.0 Å². The number of nitrogens with two attached hydrogens (primary N) is 1. The van der Waals surface area contributed by atoms with Crippen LogP contribution in [0.25, 0.3) is 0 Å². The SMILES string of the molecule is COc1cc(C)c(Cl)c(C)c1NCC1CC(N)C1. The molecule has 0 aliphatic heterocycles. The molecule has 1 aromatic carbocycles. The summed E-state index contributed by atoms with van der Waals surface area (Å²) in [6, 6.07) is 2.37. The second-order valence-corrected chi connectivity index (χ2v) is 5.57. The molecule has 0 atom stereocenters. The van der Waals surface area contributed by atoms with Crippen molar-refractivity contribution in [3.8, 4) is 5.75 Å². The lowest BCUT2D eigenvalue weighted by Crippen LogP contribution is -2.39. The van der Waals surface area contributed by atoms with Gasteiger partial charge in [-0.15, -0.1) is 0 Å². The predicted molar refractivity (Wildman–Crippen MR) is 76.7 cm³/mol. The monoisotopic (exact) mass is 268 g/mol. The first-order valence-corrected chi connectivity index (χ1v) is 6.73. The van der Waals surface area contributed by atoms with Crippen LogP contribution < -0.4 is 15.8 Å². The zero-order chi connectivity index (χ0) is 13.3. The number of anilines is 1. The zero-order valence-electron chi connectivity index (χ0n) is 11.2. The van der Waals surface area contributed by atoms with Gasteiger partial charge in [-0.2, -0.15) is 0 Å². The fourth-order valence-corrected chi connectivity index (χ4v) is 2.65. The molecule has 1 aliphatic rings. The van der Waals surface area contributed by atoms with Crippen LogP contribution >= 0.6 is 11.6 Å². The highest BCUT2D eigenvalue weighted by Gasteiger charge is 2.26. The molecule has 3 N–H and O–H groups in total. The molecular weight excluding hydrogens is 248 g/mol. The van der Waals surface area contributed by atoms with Crippen LogP contribution in [0.4, 0.5) is 5.69 Å². The lowest BCUT2D eigenvalue weighted by atomic mass is 9.81. The van der Waals surface area contributed by atoms with Gasteiger partial charge in [-0.05, 0) is 49.8 Å². The van der Waals surface area contributed by atoms with Crippen molar-refractivity contribution >= 4 is 17.3 Å². The second-order valence-electron chi connectivity index (χ2n) is 5.19. The molecule has 100 valence electrons. The Labute approximate surface area is 114 Å². The maximum atomic E-state index is 6.28. The highest BCUT2D eigenvalue weighted by molar-refractivity contribution is 6.32. The minimum absolute atomic E-state index is 0.390. The van der Waals surface area contributed by atoms with E-state index in [1.807, 2.05) is 19.9 Å². The van der Waals surface area contributed by atoms with Gasteiger partial charge in [-0.25, -0.2) is 0 Å². The van der Waals surface area contributed by atoms with Gasteiger partial charge in [0, 0.05) is 17.6 Å². The third-order valence-corrected chi connectivity index (χ3v) is 4.29. The van der Waals surface area contributed by atoms with E-state index in [1.165, 1.54) is 0 Å². The molecule has 0 unspecified atom stereocenters. The van der Waals surface area contributed by atoms with E-state index in [1.54, 1.807) is 7.11 Å². The van der Waals surface area contributed by atoms with Crippen molar-refractivity contribution in [1.29, 1.82) is 0 Å². The molecule has 1 saturated carbocycles. The molecule has 0 saturated heterocycles. The van der Waals surface area contributed by atoms with Crippen LogP contribution in [-0.2, 0) is 0 Å². The minimum atomic E-state index is 0.390. The summed E-state index contributed by atoms with van der Waals surface area (Å²) in [6.45, 7) is 4.95. The van der Waals surface area contributed by atoms with E-state index in [0.717, 1.165) is 47.0 Å². The van der Waals surface area contributed by atoms with Crippen molar-refractivity contribution in [2.45, 2.75) is 32.7 Å². The fraction of sp³-hybridized carbons (Fsp3) is 0.571. The maximum absolute atomic E-state index is 6.28. The van der Waals surface area contributed by atoms with Gasteiger partial charge in [0.05, 0.1) is 12.8 Å². The third kappa shape index (κ3) is 2.57. The summed E-state index contributed by atoms with van der Waals surface area (Å²) >= 11 is 6.28. The Balaban J connectivity index is 2.13. The van der Waals surface area contributed by atoms with E-state index in [-0.39, 0.29) is 0 Å². The molecule has 2 rings (SSSR count). The van der Waals surface area contributed by atoms with Crippen LogP contribution in [0.5, 0.6) is 5.75 Å². The van der Waals surface area contributed by atoms with Crippen LogP contribution in [-0.4, -0.2) is 19.7 Å². The Morgan fingerprint density at radius 1 is 1.44 bits per heavy atom. The normalized spacial score (nSPS) is 22.5. The van der Waals surface area contributed by atoms with Gasteiger partial charge < -0.3 is 15.8 Å². The van der Waals surface area contributed by atoms with Crippen molar-refractivity contribution in [2.75, 3.05) is 19.0 Å². The quantitative estimate of drug-likeness (QED) is 0.882. The van der Waals surface area contributed by atoms with Gasteiger partial charge in [0.15, 0.2) is 0 Å². The fourth-order valence-electron chi connectivity index (χ4n) is 2.50. The highest BCUT2D eigenvalue weighted by atomic mass is 35.5. The van der Waals surface area contributed by atoms with Crippen LogP contribution in [0.3, 0.4) is 0 Å². The lowest BCUT2D eigenvalue weighted by Gasteiger charge is -2.33. The number of hydrogen-bond acceptors (Lipinski definition) is 3. The molecule has 0 bridgehead atoms. The van der Waals surface area contributed by atoms with Crippen molar-refractivity contribution in [3.63, 3.8) is 0 Å². The summed E-state index contributed by atoms with van der Waals surface area (Å²) in [5.74, 6) is 1.53. The number of rotatable bonds is 4. The average Bonchev–Trinajstić information content (AvgIpc) is 2.31. The third-order valence-electron chi connectivity index (χ3n) is 3.70. The first kappa shape index (κ1) is 13.5. The van der Waals surface area contributed by atoms with Crippen LogP contribution in [0, 0.1) is 19.8 Å². The number of aryl methyl sites for hydroxylation is 1. The Morgan fingerprint density at radius 3 is 2.67 bits per heavy atom. The Bertz CT molecular complexity index is 442. The summed E-state index contributed by atoms with van der Waals surface area (Å²) in [4.78, 5) is 0. The van der Waals surface area contributed by atoms with Crippen molar-refractivity contribution < 1.29 is 4.74 Å². The minimum Gasteiger partial charge on any atom is -0.495 e. The van der Waals surface area contributed by atoms with Crippen LogP contribution in [0.15, 0.2) is 6.07 Å². The summed E-state index contributed by atoms with van der Waals surface area (Å²) in [6.07, 6.45) is 2.21. The molecule has 0 radical (unpaired) electrons. The molecule has 3 nitrogen and oxygen atoms in total. The summed E-state index contributed by atoms with van der Waals surface area (Å²) in [5, 5.41) is 4.27. The van der Waals surface area contributed by atoms with Gasteiger partial charge in [0.1, 0.15) is 5.75 Å². The van der Waals surface area contributed by atoms with E-state index in [2.05, 4.69) is 5.32 Å². The van der Waals surface area contributed by atoms with E-state index in [4.69, 9.17) is 22.1 Å². The number of benzene rings is 1. The molecule has 0 spiro atoms. The van der Waals surface area contributed by atoms with Crippen molar-refractivity contribution in [2.24, 2.45) is 11.7 Å². The second kappa shape index (κ2) is 5.37. The first-order valence-electron chi connectivity index (χ1n) is 6.36. The van der Waals surface area contributed by atoms with Gasteiger partial charge in [0.25, 0.3) is 0 Å². The van der Waals surface area contributed by atoms with Crippen LogP contribution in [0.2, 0.25) is 5.02 Å². The van der Waals surface area contributed by atoms with Gasteiger partial charge in [-0.1, -0.05) is 11.6 Å². The van der Waals surface area contributed by atoms with Gasteiger partial charge in [0.2, 0.25) is 0 Å².